The zero-order valence-corrected chi connectivity index (χ0v) is 15.8. The highest BCUT2D eigenvalue weighted by Gasteiger charge is 2.19. The maximum atomic E-state index is 14.1. The predicted molar refractivity (Wildman–Crippen MR) is 95.7 cm³/mol. The van der Waals surface area contributed by atoms with Crippen molar-refractivity contribution in [3.05, 3.63) is 34.2 Å². The quantitative estimate of drug-likeness (QED) is 0.546. The molecular weight excluding hydrogens is 417 g/mol. The van der Waals surface area contributed by atoms with E-state index in [4.69, 9.17) is 10.2 Å². The van der Waals surface area contributed by atoms with Gasteiger partial charge in [0.05, 0.1) is 11.1 Å². The first-order valence-electron chi connectivity index (χ1n) is 7.11. The zero-order chi connectivity index (χ0) is 18.8. The normalized spacial score (nSPS) is 12.7. The lowest BCUT2D eigenvalue weighted by Gasteiger charge is -2.14. The van der Waals surface area contributed by atoms with Gasteiger partial charge in [0.15, 0.2) is 0 Å². The fourth-order valence-electron chi connectivity index (χ4n) is 2.10. The van der Waals surface area contributed by atoms with Gasteiger partial charge in [-0.15, -0.1) is 0 Å². The molecule has 1 heterocycles. The van der Waals surface area contributed by atoms with Gasteiger partial charge in [-0.2, -0.15) is 4.98 Å². The largest absolute Gasteiger partial charge is 0.394 e. The van der Waals surface area contributed by atoms with E-state index < -0.39 is 20.7 Å². The van der Waals surface area contributed by atoms with E-state index in [1.807, 2.05) is 0 Å². The lowest BCUT2D eigenvalue weighted by Crippen LogP contribution is -2.20. The van der Waals surface area contributed by atoms with Crippen LogP contribution in [0.1, 0.15) is 12.5 Å². The second-order valence-electron chi connectivity index (χ2n) is 5.39. The standard InChI is InChI=1S/C14H17BrFN5O3S/c1-7-3-9(4-11(16)12(7)25(17,23)24)20-14-18-5-10(15)13(21-14)19-8(2)6-22/h3-5,8,22H,6H2,1-2H3,(H2,17,23,24)(H2,18,19,20,21)/t8-/m1/s1. The van der Waals surface area contributed by atoms with E-state index in [1.54, 1.807) is 6.92 Å². The van der Waals surface area contributed by atoms with E-state index in [0.717, 1.165) is 6.07 Å². The van der Waals surface area contributed by atoms with Crippen LogP contribution in [-0.4, -0.2) is 36.1 Å². The van der Waals surface area contributed by atoms with Gasteiger partial charge in [-0.3, -0.25) is 0 Å². The van der Waals surface area contributed by atoms with Crippen molar-refractivity contribution in [3.63, 3.8) is 0 Å². The van der Waals surface area contributed by atoms with Crippen molar-refractivity contribution in [2.24, 2.45) is 5.14 Å². The SMILES string of the molecule is Cc1cc(Nc2ncc(Br)c(N[C@H](C)CO)n2)cc(F)c1S(N)(=O)=O. The first-order chi connectivity index (χ1) is 11.6. The Hall–Kier alpha value is -1.82. The summed E-state index contributed by atoms with van der Waals surface area (Å²) < 4.78 is 37.5. The van der Waals surface area contributed by atoms with Gasteiger partial charge in [-0.05, 0) is 47.5 Å². The lowest BCUT2D eigenvalue weighted by atomic mass is 10.2. The molecule has 2 aromatic rings. The van der Waals surface area contributed by atoms with Crippen molar-refractivity contribution < 1.29 is 17.9 Å². The number of aliphatic hydroxyl groups excluding tert-OH is 1. The van der Waals surface area contributed by atoms with E-state index in [0.29, 0.717) is 10.3 Å². The molecule has 2 rings (SSSR count). The molecule has 0 unspecified atom stereocenters. The van der Waals surface area contributed by atoms with E-state index in [9.17, 15) is 12.8 Å². The molecule has 5 N–H and O–H groups in total. The Labute approximate surface area is 152 Å². The summed E-state index contributed by atoms with van der Waals surface area (Å²) in [6.07, 6.45) is 1.49. The highest BCUT2D eigenvalue weighted by Crippen LogP contribution is 2.26. The average Bonchev–Trinajstić information content (AvgIpc) is 2.48. The summed E-state index contributed by atoms with van der Waals surface area (Å²) in [4.78, 5) is 7.74. The molecule has 25 heavy (non-hydrogen) atoms. The first-order valence-corrected chi connectivity index (χ1v) is 9.45. The van der Waals surface area contributed by atoms with Crippen molar-refractivity contribution in [3.8, 4) is 0 Å². The predicted octanol–water partition coefficient (Wildman–Crippen LogP) is 1.87. The zero-order valence-electron chi connectivity index (χ0n) is 13.4. The molecule has 0 saturated heterocycles. The van der Waals surface area contributed by atoms with Crippen LogP contribution >= 0.6 is 15.9 Å². The fraction of sp³-hybridized carbons (Fsp3) is 0.286. The summed E-state index contributed by atoms with van der Waals surface area (Å²) in [5.41, 5.74) is 0.431. The summed E-state index contributed by atoms with van der Waals surface area (Å²) in [7, 11) is -4.16. The van der Waals surface area contributed by atoms with Crippen LogP contribution in [0.2, 0.25) is 0 Å². The number of nitrogens with zero attached hydrogens (tertiary/aromatic N) is 2. The molecule has 136 valence electrons. The molecule has 0 fully saturated rings. The van der Waals surface area contributed by atoms with Crippen LogP contribution in [0.3, 0.4) is 0 Å². The Morgan fingerprint density at radius 3 is 2.68 bits per heavy atom. The van der Waals surface area contributed by atoms with Gasteiger partial charge in [-0.1, -0.05) is 0 Å². The molecule has 11 heteroatoms. The highest BCUT2D eigenvalue weighted by atomic mass is 79.9. The minimum Gasteiger partial charge on any atom is -0.394 e. The Balaban J connectivity index is 2.33. The van der Waals surface area contributed by atoms with Crippen molar-refractivity contribution >= 4 is 43.4 Å². The van der Waals surface area contributed by atoms with Crippen LogP contribution in [0.5, 0.6) is 0 Å². The molecule has 1 aromatic carbocycles. The van der Waals surface area contributed by atoms with Gasteiger partial charge in [0.1, 0.15) is 16.5 Å². The van der Waals surface area contributed by atoms with Crippen molar-refractivity contribution in [2.45, 2.75) is 24.8 Å². The second kappa shape index (κ2) is 7.60. The average molecular weight is 434 g/mol. The third-order valence-electron chi connectivity index (χ3n) is 3.17. The highest BCUT2D eigenvalue weighted by molar-refractivity contribution is 9.10. The summed E-state index contributed by atoms with van der Waals surface area (Å²) in [5.74, 6) is -0.357. The Morgan fingerprint density at radius 2 is 2.12 bits per heavy atom. The number of sulfonamides is 1. The number of aryl methyl sites for hydroxylation is 1. The molecule has 0 radical (unpaired) electrons. The van der Waals surface area contributed by atoms with Crippen LogP contribution in [0.4, 0.5) is 21.8 Å². The van der Waals surface area contributed by atoms with E-state index in [2.05, 4.69) is 36.5 Å². The van der Waals surface area contributed by atoms with Gasteiger partial charge in [0.2, 0.25) is 16.0 Å². The van der Waals surface area contributed by atoms with Crippen LogP contribution in [-0.2, 0) is 10.0 Å². The van der Waals surface area contributed by atoms with Crippen molar-refractivity contribution in [1.29, 1.82) is 0 Å². The van der Waals surface area contributed by atoms with E-state index >= 15 is 0 Å². The Bertz CT molecular complexity index is 871. The molecule has 1 aromatic heterocycles. The van der Waals surface area contributed by atoms with Crippen molar-refractivity contribution in [1.82, 2.24) is 9.97 Å². The smallest absolute Gasteiger partial charge is 0.241 e. The van der Waals surface area contributed by atoms with Gasteiger partial charge in [0.25, 0.3) is 0 Å². The van der Waals surface area contributed by atoms with Crippen molar-refractivity contribution in [2.75, 3.05) is 17.2 Å². The molecule has 0 spiro atoms. The molecule has 0 aliphatic rings. The van der Waals surface area contributed by atoms with Gasteiger partial charge >= 0.3 is 0 Å². The fourth-order valence-corrected chi connectivity index (χ4v) is 3.24. The summed E-state index contributed by atoms with van der Waals surface area (Å²) in [6, 6.07) is 2.20. The van der Waals surface area contributed by atoms with E-state index in [1.165, 1.54) is 19.2 Å². The lowest BCUT2D eigenvalue weighted by molar-refractivity contribution is 0.281. The number of hydrogen-bond acceptors (Lipinski definition) is 7. The first kappa shape index (κ1) is 19.5. The molecule has 0 bridgehead atoms. The van der Waals surface area contributed by atoms with Crippen LogP contribution in [0.15, 0.2) is 27.7 Å². The number of hydrogen-bond donors (Lipinski definition) is 4. The second-order valence-corrected chi connectivity index (χ2v) is 7.74. The number of nitrogens with two attached hydrogens (primary N) is 1. The number of halogens is 2. The maximum Gasteiger partial charge on any atom is 0.241 e. The van der Waals surface area contributed by atoms with Gasteiger partial charge in [0, 0.05) is 17.9 Å². The summed E-state index contributed by atoms with van der Waals surface area (Å²) in [5, 5.41) is 19.9. The van der Waals surface area contributed by atoms with Crippen LogP contribution < -0.4 is 15.8 Å². The number of nitrogens with one attached hydrogen (secondary N) is 2. The van der Waals surface area contributed by atoms with Crippen LogP contribution in [0.25, 0.3) is 0 Å². The minimum atomic E-state index is -4.16. The van der Waals surface area contributed by atoms with Gasteiger partial charge < -0.3 is 15.7 Å². The van der Waals surface area contributed by atoms with E-state index in [-0.39, 0.29) is 29.8 Å². The topological polar surface area (TPSA) is 130 Å². The summed E-state index contributed by atoms with van der Waals surface area (Å²) >= 11 is 3.29. The minimum absolute atomic E-state index is 0.0847. The molecule has 1 atom stereocenters. The molecule has 0 aliphatic carbocycles. The third kappa shape index (κ3) is 4.84. The Kier molecular flexibility index (Phi) is 5.93. The van der Waals surface area contributed by atoms with Gasteiger partial charge in [-0.25, -0.2) is 22.9 Å². The van der Waals surface area contributed by atoms with Crippen LogP contribution in [0, 0.1) is 12.7 Å². The number of benzene rings is 1. The number of anilines is 3. The number of aromatic nitrogens is 2. The molecule has 0 amide bonds. The number of rotatable bonds is 6. The number of aliphatic hydroxyl groups is 1. The maximum absolute atomic E-state index is 14.1. The number of primary sulfonamides is 1. The third-order valence-corrected chi connectivity index (χ3v) is 4.84. The molecule has 8 nitrogen and oxygen atoms in total. The molecule has 0 saturated carbocycles. The monoisotopic (exact) mass is 433 g/mol. The Morgan fingerprint density at radius 1 is 1.44 bits per heavy atom. The molecular formula is C14H17BrFN5O3S. The molecule has 0 aliphatic heterocycles. The summed E-state index contributed by atoms with van der Waals surface area (Å²) in [6.45, 7) is 3.12.